The van der Waals surface area contributed by atoms with Crippen LogP contribution in [0.25, 0.3) is 6.08 Å². The predicted molar refractivity (Wildman–Crippen MR) is 99.2 cm³/mol. The number of halogens is 3. The van der Waals surface area contributed by atoms with E-state index in [4.69, 9.17) is 4.74 Å². The van der Waals surface area contributed by atoms with Gasteiger partial charge in [-0.05, 0) is 42.2 Å². The Hall–Kier alpha value is -3.09. The molecule has 0 unspecified atom stereocenters. The van der Waals surface area contributed by atoms with E-state index in [9.17, 15) is 22.8 Å². The molecular formula is C21H20F3NO3. The van der Waals surface area contributed by atoms with Crippen molar-refractivity contribution in [1.29, 1.82) is 0 Å². The molecule has 0 radical (unpaired) electrons. The highest BCUT2D eigenvalue weighted by atomic mass is 19.4. The fourth-order valence-electron chi connectivity index (χ4n) is 2.38. The van der Waals surface area contributed by atoms with Crippen molar-refractivity contribution < 1.29 is 27.5 Å². The molecule has 1 amide bonds. The second-order valence-electron chi connectivity index (χ2n) is 6.00. The SMILES string of the molecule is O=C(COC(=O)C=Cc1cccc(C(F)(F)F)c1)NCCCc1ccccc1. The molecule has 0 aromatic heterocycles. The topological polar surface area (TPSA) is 55.4 Å². The van der Waals surface area contributed by atoms with Gasteiger partial charge >= 0.3 is 12.1 Å². The Labute approximate surface area is 161 Å². The van der Waals surface area contributed by atoms with Gasteiger partial charge in [0.15, 0.2) is 6.61 Å². The summed E-state index contributed by atoms with van der Waals surface area (Å²) in [5.41, 5.74) is 0.568. The van der Waals surface area contributed by atoms with Crippen molar-refractivity contribution >= 4 is 18.0 Å². The maximum atomic E-state index is 12.6. The quantitative estimate of drug-likeness (QED) is 0.420. The Balaban J connectivity index is 1.69. The van der Waals surface area contributed by atoms with Crippen molar-refractivity contribution in [3.8, 4) is 0 Å². The van der Waals surface area contributed by atoms with Gasteiger partial charge in [-0.1, -0.05) is 42.5 Å². The number of hydrogen-bond donors (Lipinski definition) is 1. The smallest absolute Gasteiger partial charge is 0.416 e. The molecule has 0 saturated carbocycles. The standard InChI is InChI=1S/C21H20F3NO3/c22-21(23,24)18-10-4-8-17(14-18)11-12-20(27)28-15-19(26)25-13-5-9-16-6-2-1-3-7-16/h1-4,6-8,10-12,14H,5,9,13,15H2,(H,25,26). The van der Waals surface area contributed by atoms with Crippen molar-refractivity contribution in [3.63, 3.8) is 0 Å². The van der Waals surface area contributed by atoms with Crippen molar-refractivity contribution in [2.24, 2.45) is 0 Å². The highest BCUT2D eigenvalue weighted by molar-refractivity contribution is 5.89. The summed E-state index contributed by atoms with van der Waals surface area (Å²) in [5.74, 6) is -1.24. The zero-order valence-corrected chi connectivity index (χ0v) is 15.0. The van der Waals surface area contributed by atoms with E-state index in [0.29, 0.717) is 6.54 Å². The normalized spacial score (nSPS) is 11.4. The molecular weight excluding hydrogens is 371 g/mol. The molecule has 0 bridgehead atoms. The molecule has 1 N–H and O–H groups in total. The van der Waals surface area contributed by atoms with E-state index in [1.165, 1.54) is 23.8 Å². The van der Waals surface area contributed by atoms with Gasteiger partial charge in [0.1, 0.15) is 0 Å². The van der Waals surface area contributed by atoms with Gasteiger partial charge in [0, 0.05) is 12.6 Å². The maximum absolute atomic E-state index is 12.6. The summed E-state index contributed by atoms with van der Waals surface area (Å²) < 4.78 is 42.7. The Morgan fingerprint density at radius 2 is 1.79 bits per heavy atom. The fourth-order valence-corrected chi connectivity index (χ4v) is 2.38. The summed E-state index contributed by atoms with van der Waals surface area (Å²) in [6.07, 6.45) is -0.698. The monoisotopic (exact) mass is 391 g/mol. The van der Waals surface area contributed by atoms with Crippen molar-refractivity contribution in [2.45, 2.75) is 19.0 Å². The first-order chi connectivity index (χ1) is 13.3. The van der Waals surface area contributed by atoms with Gasteiger partial charge in [-0.3, -0.25) is 4.79 Å². The minimum atomic E-state index is -4.46. The third-order valence-corrected chi connectivity index (χ3v) is 3.78. The molecule has 0 atom stereocenters. The Morgan fingerprint density at radius 3 is 2.50 bits per heavy atom. The third kappa shape index (κ3) is 7.65. The average molecular weight is 391 g/mol. The lowest BCUT2D eigenvalue weighted by Gasteiger charge is -2.07. The molecule has 0 fully saturated rings. The van der Waals surface area contributed by atoms with Crippen LogP contribution in [-0.4, -0.2) is 25.0 Å². The second kappa shape index (κ2) is 10.3. The van der Waals surface area contributed by atoms with Crippen LogP contribution >= 0.6 is 0 Å². The first-order valence-electron chi connectivity index (χ1n) is 8.67. The van der Waals surface area contributed by atoms with E-state index in [2.05, 4.69) is 5.32 Å². The minimum absolute atomic E-state index is 0.206. The number of nitrogens with one attached hydrogen (secondary N) is 1. The second-order valence-corrected chi connectivity index (χ2v) is 6.00. The fraction of sp³-hybridized carbons (Fsp3) is 0.238. The van der Waals surface area contributed by atoms with Crippen LogP contribution in [0.5, 0.6) is 0 Å². The molecule has 0 aliphatic rings. The van der Waals surface area contributed by atoms with Gasteiger partial charge < -0.3 is 10.1 Å². The van der Waals surface area contributed by atoms with Gasteiger partial charge in [0.25, 0.3) is 5.91 Å². The minimum Gasteiger partial charge on any atom is -0.452 e. The molecule has 148 valence electrons. The van der Waals surface area contributed by atoms with Crippen LogP contribution in [-0.2, 0) is 26.9 Å². The van der Waals surface area contributed by atoms with Crippen LogP contribution < -0.4 is 5.32 Å². The molecule has 0 spiro atoms. The van der Waals surface area contributed by atoms with E-state index in [1.807, 2.05) is 30.3 Å². The summed E-state index contributed by atoms with van der Waals surface area (Å²) >= 11 is 0. The van der Waals surface area contributed by atoms with Crippen molar-refractivity contribution in [1.82, 2.24) is 5.32 Å². The lowest BCUT2D eigenvalue weighted by atomic mass is 10.1. The number of esters is 1. The molecule has 28 heavy (non-hydrogen) atoms. The van der Waals surface area contributed by atoms with Crippen LogP contribution in [0.4, 0.5) is 13.2 Å². The van der Waals surface area contributed by atoms with Crippen molar-refractivity contribution in [2.75, 3.05) is 13.2 Å². The van der Waals surface area contributed by atoms with Crippen LogP contribution in [0, 0.1) is 0 Å². The maximum Gasteiger partial charge on any atom is 0.416 e. The van der Waals surface area contributed by atoms with E-state index in [-0.39, 0.29) is 5.56 Å². The van der Waals surface area contributed by atoms with Gasteiger partial charge in [-0.25, -0.2) is 4.79 Å². The van der Waals surface area contributed by atoms with Gasteiger partial charge in [0.2, 0.25) is 0 Å². The van der Waals surface area contributed by atoms with Gasteiger partial charge in [0.05, 0.1) is 5.56 Å². The first-order valence-corrected chi connectivity index (χ1v) is 8.67. The van der Waals surface area contributed by atoms with E-state index < -0.39 is 30.2 Å². The van der Waals surface area contributed by atoms with E-state index in [1.54, 1.807) is 0 Å². The number of alkyl halides is 3. The predicted octanol–water partition coefficient (Wildman–Crippen LogP) is 4.01. The van der Waals surface area contributed by atoms with Crippen LogP contribution in [0.2, 0.25) is 0 Å². The number of carbonyl (C=O) groups excluding carboxylic acids is 2. The summed E-state index contributed by atoms with van der Waals surface area (Å²) in [6.45, 7) is 0.00243. The summed E-state index contributed by atoms with van der Waals surface area (Å²) in [5, 5.41) is 2.64. The molecule has 0 aliphatic heterocycles. The molecule has 7 heteroatoms. The van der Waals surface area contributed by atoms with Crippen LogP contribution in [0.15, 0.2) is 60.7 Å². The Bertz CT molecular complexity index is 817. The highest BCUT2D eigenvalue weighted by Crippen LogP contribution is 2.29. The Morgan fingerprint density at radius 1 is 1.04 bits per heavy atom. The summed E-state index contributed by atoms with van der Waals surface area (Å²) in [4.78, 5) is 23.3. The van der Waals surface area contributed by atoms with Gasteiger partial charge in [-0.2, -0.15) is 13.2 Å². The number of hydrogen-bond acceptors (Lipinski definition) is 3. The zero-order chi connectivity index (χ0) is 20.4. The summed E-state index contributed by atoms with van der Waals surface area (Å²) in [7, 11) is 0. The number of aryl methyl sites for hydroxylation is 1. The third-order valence-electron chi connectivity index (χ3n) is 3.78. The number of benzene rings is 2. The van der Waals surface area contributed by atoms with Crippen molar-refractivity contribution in [3.05, 3.63) is 77.4 Å². The van der Waals surface area contributed by atoms with Crippen LogP contribution in [0.3, 0.4) is 0 Å². The number of amides is 1. The van der Waals surface area contributed by atoms with E-state index >= 15 is 0 Å². The molecule has 0 aliphatic carbocycles. The number of rotatable bonds is 8. The van der Waals surface area contributed by atoms with E-state index in [0.717, 1.165) is 31.1 Å². The molecule has 4 nitrogen and oxygen atoms in total. The van der Waals surface area contributed by atoms with Crippen LogP contribution in [0.1, 0.15) is 23.1 Å². The molecule has 2 aromatic carbocycles. The Kier molecular flexibility index (Phi) is 7.80. The average Bonchev–Trinajstić information content (AvgIpc) is 2.68. The number of carbonyl (C=O) groups is 2. The molecule has 0 saturated heterocycles. The molecule has 0 heterocycles. The number of ether oxygens (including phenoxy) is 1. The highest BCUT2D eigenvalue weighted by Gasteiger charge is 2.30. The summed E-state index contributed by atoms with van der Waals surface area (Å²) in [6, 6.07) is 14.4. The largest absolute Gasteiger partial charge is 0.452 e. The first kappa shape index (κ1) is 21.2. The van der Waals surface area contributed by atoms with Gasteiger partial charge in [-0.15, -0.1) is 0 Å². The lowest BCUT2D eigenvalue weighted by molar-refractivity contribution is -0.143. The molecule has 2 rings (SSSR count). The lowest BCUT2D eigenvalue weighted by Crippen LogP contribution is -2.29. The zero-order valence-electron chi connectivity index (χ0n) is 15.0. The molecule has 2 aromatic rings.